The van der Waals surface area contributed by atoms with E-state index in [1.165, 1.54) is 0 Å². The number of nitrogens with zero attached hydrogens (tertiary/aromatic N) is 3. The Labute approximate surface area is 100 Å². The lowest BCUT2D eigenvalue weighted by Gasteiger charge is -2.36. The van der Waals surface area contributed by atoms with Crippen molar-refractivity contribution in [3.63, 3.8) is 0 Å². The molecule has 0 aromatic carbocycles. The first-order chi connectivity index (χ1) is 8.22. The number of aliphatic hydroxyl groups excluding tert-OH is 1. The molecule has 1 N–H and O–H groups in total. The predicted molar refractivity (Wildman–Crippen MR) is 62.6 cm³/mol. The minimum absolute atomic E-state index is 0.00121. The number of hydrogen-bond donors (Lipinski definition) is 1. The van der Waals surface area contributed by atoms with E-state index in [4.69, 9.17) is 15.1 Å². The molecule has 1 fully saturated rings. The molecule has 5 nitrogen and oxygen atoms in total. The lowest BCUT2D eigenvalue weighted by Crippen LogP contribution is -2.48. The molecule has 5 heteroatoms. The largest absolute Gasteiger partial charge is 0.394 e. The lowest BCUT2D eigenvalue weighted by molar-refractivity contribution is -0.0423. The second-order valence-corrected chi connectivity index (χ2v) is 4.15. The molecule has 90 valence electrons. The van der Waals surface area contributed by atoms with Gasteiger partial charge in [0, 0.05) is 13.1 Å². The molecule has 1 aromatic rings. The summed E-state index contributed by atoms with van der Waals surface area (Å²) in [6, 6.07) is 7.38. The first kappa shape index (κ1) is 11.8. The van der Waals surface area contributed by atoms with E-state index in [9.17, 15) is 0 Å². The molecule has 2 heterocycles. The number of pyridine rings is 1. The van der Waals surface area contributed by atoms with Gasteiger partial charge in [0.1, 0.15) is 17.6 Å². The predicted octanol–water partition coefficient (Wildman–Crippen LogP) is 0.539. The topological polar surface area (TPSA) is 69.4 Å². The highest BCUT2D eigenvalue weighted by molar-refractivity contribution is 5.42. The smallest absolute Gasteiger partial charge is 0.142 e. The third-order valence-corrected chi connectivity index (χ3v) is 2.70. The normalized spacial score (nSPS) is 24.4. The van der Waals surface area contributed by atoms with E-state index in [0.29, 0.717) is 12.2 Å². The van der Waals surface area contributed by atoms with Crippen LogP contribution >= 0.6 is 0 Å². The highest BCUT2D eigenvalue weighted by Gasteiger charge is 2.25. The fourth-order valence-electron chi connectivity index (χ4n) is 1.99. The van der Waals surface area contributed by atoms with Gasteiger partial charge in [0.05, 0.1) is 18.8 Å². The van der Waals surface area contributed by atoms with Crippen LogP contribution in [0.15, 0.2) is 18.2 Å². The molecule has 1 aromatic heterocycles. The van der Waals surface area contributed by atoms with E-state index in [1.807, 2.05) is 30.0 Å². The van der Waals surface area contributed by atoms with Gasteiger partial charge < -0.3 is 14.7 Å². The highest BCUT2D eigenvalue weighted by Crippen LogP contribution is 2.18. The van der Waals surface area contributed by atoms with Gasteiger partial charge in [-0.25, -0.2) is 4.98 Å². The van der Waals surface area contributed by atoms with Gasteiger partial charge in [-0.15, -0.1) is 0 Å². The second kappa shape index (κ2) is 5.13. The summed E-state index contributed by atoms with van der Waals surface area (Å²) in [4.78, 5) is 6.28. The van der Waals surface area contributed by atoms with E-state index in [1.54, 1.807) is 6.07 Å². The van der Waals surface area contributed by atoms with Gasteiger partial charge in [0.15, 0.2) is 0 Å². The molecule has 17 heavy (non-hydrogen) atoms. The SMILES string of the molecule is CC1CN(c2cccc(C#N)n2)CC(CO)O1. The average Bonchev–Trinajstić information content (AvgIpc) is 2.38. The number of nitriles is 1. The molecule has 0 bridgehead atoms. The van der Waals surface area contributed by atoms with Crippen LogP contribution < -0.4 is 4.90 Å². The Bertz CT molecular complexity index is 430. The van der Waals surface area contributed by atoms with E-state index in [-0.39, 0.29) is 18.8 Å². The number of rotatable bonds is 2. The molecule has 0 spiro atoms. The zero-order valence-corrected chi connectivity index (χ0v) is 9.71. The molecule has 0 amide bonds. The van der Waals surface area contributed by atoms with Gasteiger partial charge in [0.25, 0.3) is 0 Å². The van der Waals surface area contributed by atoms with Crippen LogP contribution in [-0.4, -0.2) is 42.0 Å². The summed E-state index contributed by atoms with van der Waals surface area (Å²) in [5.74, 6) is 0.762. The monoisotopic (exact) mass is 233 g/mol. The maximum absolute atomic E-state index is 9.15. The van der Waals surface area contributed by atoms with Gasteiger partial charge in [-0.1, -0.05) is 6.07 Å². The number of hydrogen-bond acceptors (Lipinski definition) is 5. The van der Waals surface area contributed by atoms with Crippen LogP contribution in [0.5, 0.6) is 0 Å². The Morgan fingerprint density at radius 2 is 2.41 bits per heavy atom. The van der Waals surface area contributed by atoms with Gasteiger partial charge in [-0.05, 0) is 19.1 Å². The molecule has 0 radical (unpaired) electrons. The van der Waals surface area contributed by atoms with Crippen molar-refractivity contribution in [1.29, 1.82) is 5.26 Å². The Kier molecular flexibility index (Phi) is 3.57. The number of ether oxygens (including phenoxy) is 1. The fourth-order valence-corrected chi connectivity index (χ4v) is 1.99. The number of anilines is 1. The molecule has 0 saturated carbocycles. The molecule has 1 aliphatic rings. The van der Waals surface area contributed by atoms with Crippen LogP contribution in [0.4, 0.5) is 5.82 Å². The lowest BCUT2D eigenvalue weighted by atomic mass is 10.2. The first-order valence-corrected chi connectivity index (χ1v) is 5.61. The zero-order chi connectivity index (χ0) is 12.3. The van der Waals surface area contributed by atoms with Crippen molar-refractivity contribution in [3.05, 3.63) is 23.9 Å². The highest BCUT2D eigenvalue weighted by atomic mass is 16.5. The third-order valence-electron chi connectivity index (χ3n) is 2.70. The molecule has 0 aliphatic carbocycles. The first-order valence-electron chi connectivity index (χ1n) is 5.61. The molecule has 2 unspecified atom stereocenters. The summed E-state index contributed by atoms with van der Waals surface area (Å²) in [6.45, 7) is 3.28. The van der Waals surface area contributed by atoms with E-state index < -0.39 is 0 Å². The van der Waals surface area contributed by atoms with Crippen molar-refractivity contribution in [1.82, 2.24) is 4.98 Å². The minimum atomic E-state index is -0.189. The number of morpholine rings is 1. The van der Waals surface area contributed by atoms with E-state index >= 15 is 0 Å². The minimum Gasteiger partial charge on any atom is -0.394 e. The van der Waals surface area contributed by atoms with Gasteiger partial charge in [-0.3, -0.25) is 0 Å². The Morgan fingerprint density at radius 1 is 1.59 bits per heavy atom. The van der Waals surface area contributed by atoms with Crippen molar-refractivity contribution in [3.8, 4) is 6.07 Å². The van der Waals surface area contributed by atoms with Crippen LogP contribution in [0.1, 0.15) is 12.6 Å². The Hall–Kier alpha value is -1.64. The van der Waals surface area contributed by atoms with Crippen molar-refractivity contribution >= 4 is 5.82 Å². The van der Waals surface area contributed by atoms with E-state index in [2.05, 4.69) is 4.98 Å². The van der Waals surface area contributed by atoms with Crippen molar-refractivity contribution in [2.75, 3.05) is 24.6 Å². The van der Waals surface area contributed by atoms with Crippen LogP contribution in [0.25, 0.3) is 0 Å². The Morgan fingerprint density at radius 3 is 3.12 bits per heavy atom. The Balaban J connectivity index is 2.18. The molecular weight excluding hydrogens is 218 g/mol. The van der Waals surface area contributed by atoms with Gasteiger partial charge in [0.2, 0.25) is 0 Å². The summed E-state index contributed by atoms with van der Waals surface area (Å²) in [6.07, 6.45) is -0.139. The van der Waals surface area contributed by atoms with Crippen molar-refractivity contribution in [2.24, 2.45) is 0 Å². The van der Waals surface area contributed by atoms with Crippen LogP contribution in [0.2, 0.25) is 0 Å². The second-order valence-electron chi connectivity index (χ2n) is 4.15. The van der Waals surface area contributed by atoms with Gasteiger partial charge in [-0.2, -0.15) is 5.26 Å². The molecule has 2 atom stereocenters. The maximum Gasteiger partial charge on any atom is 0.142 e. The molecular formula is C12H15N3O2. The summed E-state index contributed by atoms with van der Waals surface area (Å²) < 4.78 is 5.56. The molecule has 1 aliphatic heterocycles. The summed E-state index contributed by atoms with van der Waals surface area (Å²) in [5, 5.41) is 18.0. The summed E-state index contributed by atoms with van der Waals surface area (Å²) >= 11 is 0. The van der Waals surface area contributed by atoms with Crippen molar-refractivity contribution < 1.29 is 9.84 Å². The summed E-state index contributed by atoms with van der Waals surface area (Å²) in [5.41, 5.74) is 0.405. The van der Waals surface area contributed by atoms with Crippen LogP contribution in [-0.2, 0) is 4.74 Å². The van der Waals surface area contributed by atoms with E-state index in [0.717, 1.165) is 12.4 Å². The maximum atomic E-state index is 9.15. The molecule has 1 saturated heterocycles. The standard InChI is InChI=1S/C12H15N3O2/c1-9-6-15(7-11(8-16)17-9)12-4-2-3-10(5-13)14-12/h2-4,9,11,16H,6-8H2,1H3. The van der Waals surface area contributed by atoms with Crippen LogP contribution in [0, 0.1) is 11.3 Å². The average molecular weight is 233 g/mol. The fraction of sp³-hybridized carbons (Fsp3) is 0.500. The zero-order valence-electron chi connectivity index (χ0n) is 9.71. The number of aromatic nitrogens is 1. The van der Waals surface area contributed by atoms with Crippen LogP contribution in [0.3, 0.4) is 0 Å². The van der Waals surface area contributed by atoms with Gasteiger partial charge >= 0.3 is 0 Å². The summed E-state index contributed by atoms with van der Waals surface area (Å²) in [7, 11) is 0. The van der Waals surface area contributed by atoms with Crippen molar-refractivity contribution in [2.45, 2.75) is 19.1 Å². The third kappa shape index (κ3) is 2.73. The molecule has 2 rings (SSSR count). The number of aliphatic hydroxyl groups is 1. The quantitative estimate of drug-likeness (QED) is 0.807.